The number of rotatable bonds is 4. The van der Waals surface area contributed by atoms with Crippen LogP contribution in [0.4, 0.5) is 17.1 Å². The van der Waals surface area contributed by atoms with Gasteiger partial charge in [-0.1, -0.05) is 103 Å². The highest BCUT2D eigenvalue weighted by molar-refractivity contribution is 7.27. The maximum Gasteiger partial charge on any atom is 0.0476 e. The first-order chi connectivity index (χ1) is 21.3. The first kappa shape index (κ1) is 24.6. The molecule has 0 spiro atoms. The molecule has 3 heteroatoms. The Morgan fingerprint density at radius 3 is 1.95 bits per heavy atom. The van der Waals surface area contributed by atoms with E-state index in [4.69, 9.17) is 0 Å². The van der Waals surface area contributed by atoms with Crippen molar-refractivity contribution in [2.24, 2.45) is 0 Å². The molecule has 2 aromatic heterocycles. The third kappa shape index (κ3) is 3.97. The Balaban J connectivity index is 1.18. The number of benzene rings is 7. The minimum atomic E-state index is 1.14. The van der Waals surface area contributed by atoms with Gasteiger partial charge in [0.15, 0.2) is 0 Å². The van der Waals surface area contributed by atoms with Crippen LogP contribution in [0.1, 0.15) is 0 Å². The second-order valence-corrected chi connectivity index (χ2v) is 13.1. The van der Waals surface area contributed by atoms with Crippen LogP contribution in [-0.2, 0) is 0 Å². The fraction of sp³-hybridized carbons (Fsp3) is 0. The van der Waals surface area contributed by atoms with E-state index < -0.39 is 0 Å². The van der Waals surface area contributed by atoms with Crippen LogP contribution in [0, 0.1) is 0 Å². The molecule has 0 aliphatic carbocycles. The molecule has 0 fully saturated rings. The quantitative estimate of drug-likeness (QED) is 0.199. The molecule has 0 atom stereocenters. The summed E-state index contributed by atoms with van der Waals surface area (Å²) in [6.07, 6.45) is 0. The number of fused-ring (bicyclic) bond motifs is 8. The normalized spacial score (nSPS) is 11.7. The predicted octanol–water partition coefficient (Wildman–Crippen LogP) is 12.7. The molecule has 7 aromatic carbocycles. The fourth-order valence-electron chi connectivity index (χ4n) is 6.46. The summed E-state index contributed by atoms with van der Waals surface area (Å²) in [5, 5.41) is 7.94. The van der Waals surface area contributed by atoms with Crippen molar-refractivity contribution in [3.63, 3.8) is 0 Å². The van der Waals surface area contributed by atoms with Crippen molar-refractivity contribution < 1.29 is 0 Å². The third-order valence-corrected chi connectivity index (χ3v) is 10.8. The summed E-state index contributed by atoms with van der Waals surface area (Å²) in [5.41, 5.74) is 5.96. The van der Waals surface area contributed by atoms with Crippen LogP contribution in [-0.4, -0.2) is 0 Å². The van der Waals surface area contributed by atoms with Crippen molar-refractivity contribution >= 4 is 90.9 Å². The maximum absolute atomic E-state index is 2.36. The minimum Gasteiger partial charge on any atom is -0.310 e. The second-order valence-electron chi connectivity index (χ2n) is 10.9. The number of anilines is 3. The summed E-state index contributed by atoms with van der Waals surface area (Å²) in [6.45, 7) is 0. The van der Waals surface area contributed by atoms with Crippen molar-refractivity contribution in [1.29, 1.82) is 0 Å². The average molecular weight is 584 g/mol. The summed E-state index contributed by atoms with van der Waals surface area (Å²) < 4.78 is 5.33. The zero-order valence-electron chi connectivity index (χ0n) is 23.2. The second kappa shape index (κ2) is 9.81. The molecular weight excluding hydrogens is 559 g/mol. The van der Waals surface area contributed by atoms with E-state index in [0.29, 0.717) is 0 Å². The van der Waals surface area contributed by atoms with Crippen molar-refractivity contribution in [1.82, 2.24) is 0 Å². The van der Waals surface area contributed by atoms with Crippen LogP contribution >= 0.6 is 22.7 Å². The molecule has 0 amide bonds. The highest BCUT2D eigenvalue weighted by atomic mass is 32.1. The van der Waals surface area contributed by atoms with Crippen LogP contribution < -0.4 is 4.90 Å². The van der Waals surface area contributed by atoms with Gasteiger partial charge in [-0.3, -0.25) is 0 Å². The molecular formula is C40H25NS2. The number of hydrogen-bond acceptors (Lipinski definition) is 3. The largest absolute Gasteiger partial charge is 0.310 e. The molecule has 1 nitrogen and oxygen atoms in total. The molecule has 2 heterocycles. The highest BCUT2D eigenvalue weighted by Crippen LogP contribution is 2.44. The summed E-state index contributed by atoms with van der Waals surface area (Å²) >= 11 is 3.76. The van der Waals surface area contributed by atoms with Crippen molar-refractivity contribution in [2.45, 2.75) is 0 Å². The van der Waals surface area contributed by atoms with Gasteiger partial charge < -0.3 is 4.90 Å². The number of thiophene rings is 2. The molecule has 9 rings (SSSR count). The fourth-order valence-corrected chi connectivity index (χ4v) is 8.87. The molecule has 0 saturated carbocycles. The van der Waals surface area contributed by atoms with E-state index in [9.17, 15) is 0 Å². The van der Waals surface area contributed by atoms with Crippen LogP contribution in [0.25, 0.3) is 62.2 Å². The van der Waals surface area contributed by atoms with Gasteiger partial charge in [-0.15, -0.1) is 22.7 Å². The Hall–Kier alpha value is -4.96. The van der Waals surface area contributed by atoms with Gasteiger partial charge in [-0.2, -0.15) is 0 Å². The number of nitrogens with zero attached hydrogens (tertiary/aromatic N) is 1. The summed E-state index contributed by atoms with van der Waals surface area (Å²) in [6, 6.07) is 55.3. The SMILES string of the molecule is c1ccc(N(c2ccc(-c3cccc4sc5c6ccccc6ccc5c34)cc2)c2ccc3c(c2)sc2ccccc23)cc1. The molecule has 9 aromatic rings. The minimum absolute atomic E-state index is 1.14. The first-order valence-electron chi connectivity index (χ1n) is 14.5. The van der Waals surface area contributed by atoms with Gasteiger partial charge >= 0.3 is 0 Å². The average Bonchev–Trinajstić information content (AvgIpc) is 3.64. The van der Waals surface area contributed by atoms with Crippen LogP contribution in [0.5, 0.6) is 0 Å². The van der Waals surface area contributed by atoms with Crippen molar-refractivity contribution in [3.05, 3.63) is 152 Å². The summed E-state index contributed by atoms with van der Waals surface area (Å²) in [4.78, 5) is 2.36. The van der Waals surface area contributed by atoms with Gasteiger partial charge in [0.05, 0.1) is 0 Å². The smallest absolute Gasteiger partial charge is 0.0476 e. The summed E-state index contributed by atoms with van der Waals surface area (Å²) in [5.74, 6) is 0. The lowest BCUT2D eigenvalue weighted by Crippen LogP contribution is -2.09. The van der Waals surface area contributed by atoms with E-state index in [1.807, 2.05) is 22.7 Å². The van der Waals surface area contributed by atoms with Gasteiger partial charge in [-0.25, -0.2) is 0 Å². The van der Waals surface area contributed by atoms with Gasteiger partial charge in [0.25, 0.3) is 0 Å². The van der Waals surface area contributed by atoms with Gasteiger partial charge in [0.1, 0.15) is 0 Å². The topological polar surface area (TPSA) is 3.24 Å². The zero-order chi connectivity index (χ0) is 28.3. The molecule has 0 aliphatic rings. The predicted molar refractivity (Wildman–Crippen MR) is 190 cm³/mol. The standard InChI is InChI=1S/C40H25NS2/c1-2-10-28(11-3-1)41(30-22-24-34-33-13-6-7-15-36(33)42-38(34)25-30)29-20-17-27(18-21-29)31-14-8-16-37-39(31)35-23-19-26-9-4-5-12-32(26)40(35)43-37/h1-25H. The van der Waals surface area contributed by atoms with E-state index >= 15 is 0 Å². The molecule has 202 valence electrons. The monoisotopic (exact) mass is 583 g/mol. The Morgan fingerprint density at radius 2 is 1.07 bits per heavy atom. The van der Waals surface area contributed by atoms with Crippen molar-refractivity contribution in [2.75, 3.05) is 4.90 Å². The lowest BCUT2D eigenvalue weighted by molar-refractivity contribution is 1.29. The number of para-hydroxylation sites is 1. The molecule has 0 unspecified atom stereocenters. The molecule has 0 radical (unpaired) electrons. The Kier molecular flexibility index (Phi) is 5.62. The molecule has 43 heavy (non-hydrogen) atoms. The lowest BCUT2D eigenvalue weighted by Gasteiger charge is -2.25. The summed E-state index contributed by atoms with van der Waals surface area (Å²) in [7, 11) is 0. The van der Waals surface area contributed by atoms with Gasteiger partial charge in [0, 0.05) is 57.4 Å². The molecule has 0 aliphatic heterocycles. The maximum atomic E-state index is 2.36. The Labute approximate surface area is 257 Å². The van der Waals surface area contributed by atoms with Crippen LogP contribution in [0.15, 0.2) is 152 Å². The Bertz CT molecular complexity index is 2450. The Morgan fingerprint density at radius 1 is 0.395 bits per heavy atom. The van der Waals surface area contributed by atoms with E-state index in [0.717, 1.165) is 17.1 Å². The van der Waals surface area contributed by atoms with E-state index in [2.05, 4.69) is 157 Å². The van der Waals surface area contributed by atoms with E-state index in [1.165, 1.54) is 62.2 Å². The first-order valence-corrected chi connectivity index (χ1v) is 16.1. The molecule has 0 N–H and O–H groups in total. The van der Waals surface area contributed by atoms with Crippen LogP contribution in [0.3, 0.4) is 0 Å². The zero-order valence-corrected chi connectivity index (χ0v) is 24.8. The van der Waals surface area contributed by atoms with E-state index in [1.54, 1.807) is 0 Å². The molecule has 0 bridgehead atoms. The van der Waals surface area contributed by atoms with E-state index in [-0.39, 0.29) is 0 Å². The lowest BCUT2D eigenvalue weighted by atomic mass is 9.98. The van der Waals surface area contributed by atoms with Crippen LogP contribution in [0.2, 0.25) is 0 Å². The van der Waals surface area contributed by atoms with Gasteiger partial charge in [0.2, 0.25) is 0 Å². The molecule has 0 saturated heterocycles. The van der Waals surface area contributed by atoms with Crippen molar-refractivity contribution in [3.8, 4) is 11.1 Å². The highest BCUT2D eigenvalue weighted by Gasteiger charge is 2.16. The third-order valence-electron chi connectivity index (χ3n) is 8.46. The van der Waals surface area contributed by atoms with Gasteiger partial charge in [-0.05, 0) is 70.4 Å². The number of hydrogen-bond donors (Lipinski definition) is 0.